The summed E-state index contributed by atoms with van der Waals surface area (Å²) in [7, 11) is -1.85. The molecule has 0 fully saturated rings. The number of para-hydroxylation sites is 1. The Hall–Kier alpha value is -3.90. The molecule has 192 valence electrons. The predicted octanol–water partition coefficient (Wildman–Crippen LogP) is 7.71. The first-order chi connectivity index (χ1) is 18.3. The van der Waals surface area contributed by atoms with Crippen LogP contribution in [0.5, 0.6) is 0 Å². The maximum Gasteiger partial charge on any atom is 0.163 e. The van der Waals surface area contributed by atoms with Gasteiger partial charge in [0, 0.05) is 26.0 Å². The highest BCUT2D eigenvalue weighted by Crippen LogP contribution is 2.49. The highest BCUT2D eigenvalue weighted by molar-refractivity contribution is 6.76. The molecule has 2 atom stereocenters. The van der Waals surface area contributed by atoms with Gasteiger partial charge in [-0.2, -0.15) is 0 Å². The SMILES string of the molecule is C[Si](C)(C)CC(c1ccc(F)cc1)(C(CC(=O)c1ccccc1)c1ccccc1)n1nnc2ccccc21. The van der Waals surface area contributed by atoms with E-state index in [1.807, 2.05) is 89.6 Å². The lowest BCUT2D eigenvalue weighted by molar-refractivity contribution is 0.0951. The molecule has 0 saturated carbocycles. The first kappa shape index (κ1) is 25.7. The number of hydrogen-bond acceptors (Lipinski definition) is 3. The van der Waals surface area contributed by atoms with Crippen molar-refractivity contribution in [3.63, 3.8) is 0 Å². The molecule has 0 bridgehead atoms. The van der Waals surface area contributed by atoms with E-state index in [-0.39, 0.29) is 23.9 Å². The Morgan fingerprint density at radius 1 is 0.842 bits per heavy atom. The zero-order valence-corrected chi connectivity index (χ0v) is 23.0. The van der Waals surface area contributed by atoms with Gasteiger partial charge >= 0.3 is 0 Å². The number of aromatic nitrogens is 3. The Kier molecular flexibility index (Phi) is 7.08. The van der Waals surface area contributed by atoms with Crippen LogP contribution in [0.2, 0.25) is 25.7 Å². The Labute approximate surface area is 224 Å². The van der Waals surface area contributed by atoms with Crippen LogP contribution >= 0.6 is 0 Å². The number of hydrogen-bond donors (Lipinski definition) is 0. The van der Waals surface area contributed by atoms with Gasteiger partial charge in [0.25, 0.3) is 0 Å². The molecule has 5 rings (SSSR count). The van der Waals surface area contributed by atoms with Crippen LogP contribution in [0.1, 0.15) is 33.8 Å². The molecule has 0 aliphatic rings. The third-order valence-electron chi connectivity index (χ3n) is 7.14. The summed E-state index contributed by atoms with van der Waals surface area (Å²) in [6, 6.07) is 35.1. The van der Waals surface area contributed by atoms with Gasteiger partial charge in [0.05, 0.1) is 11.1 Å². The first-order valence-electron chi connectivity index (χ1n) is 13.0. The van der Waals surface area contributed by atoms with Crippen LogP contribution in [-0.4, -0.2) is 28.9 Å². The lowest BCUT2D eigenvalue weighted by Gasteiger charge is -2.45. The summed E-state index contributed by atoms with van der Waals surface area (Å²) in [6.45, 7) is 6.97. The van der Waals surface area contributed by atoms with Crippen LogP contribution in [0.3, 0.4) is 0 Å². The van der Waals surface area contributed by atoms with Crippen LogP contribution in [-0.2, 0) is 5.54 Å². The van der Waals surface area contributed by atoms with Crippen molar-refractivity contribution in [1.82, 2.24) is 15.0 Å². The number of halogens is 1. The molecule has 4 aromatic carbocycles. The smallest absolute Gasteiger partial charge is 0.163 e. The molecule has 38 heavy (non-hydrogen) atoms. The molecule has 6 heteroatoms. The number of benzene rings is 4. The van der Waals surface area contributed by atoms with E-state index in [0.717, 1.165) is 28.2 Å². The molecule has 2 unspecified atom stereocenters. The second-order valence-corrected chi connectivity index (χ2v) is 16.6. The third kappa shape index (κ3) is 5.09. The van der Waals surface area contributed by atoms with Gasteiger partial charge in [-0.05, 0) is 41.4 Å². The molecule has 1 heterocycles. The summed E-state index contributed by atoms with van der Waals surface area (Å²) in [5.41, 5.74) is 3.54. The van der Waals surface area contributed by atoms with E-state index in [1.165, 1.54) is 12.1 Å². The molecule has 5 aromatic rings. The number of carbonyl (C=O) groups excluding carboxylic acids is 1. The summed E-state index contributed by atoms with van der Waals surface area (Å²) in [5, 5.41) is 9.30. The Morgan fingerprint density at radius 2 is 1.45 bits per heavy atom. The monoisotopic (exact) mass is 521 g/mol. The van der Waals surface area contributed by atoms with Crippen molar-refractivity contribution in [3.05, 3.63) is 132 Å². The molecule has 0 saturated heterocycles. The van der Waals surface area contributed by atoms with E-state index in [2.05, 4.69) is 36.9 Å². The number of ketones is 1. The van der Waals surface area contributed by atoms with Crippen molar-refractivity contribution in [3.8, 4) is 0 Å². The van der Waals surface area contributed by atoms with Crippen molar-refractivity contribution in [2.75, 3.05) is 0 Å². The van der Waals surface area contributed by atoms with Crippen LogP contribution in [0.15, 0.2) is 109 Å². The van der Waals surface area contributed by atoms with Gasteiger partial charge in [-0.25, -0.2) is 9.07 Å². The average molecular weight is 522 g/mol. The maximum absolute atomic E-state index is 14.3. The van der Waals surface area contributed by atoms with Crippen molar-refractivity contribution >= 4 is 24.9 Å². The zero-order valence-electron chi connectivity index (χ0n) is 22.0. The van der Waals surface area contributed by atoms with E-state index >= 15 is 0 Å². The second kappa shape index (κ2) is 10.5. The van der Waals surface area contributed by atoms with E-state index in [9.17, 15) is 9.18 Å². The van der Waals surface area contributed by atoms with Gasteiger partial charge in [-0.15, -0.1) is 5.10 Å². The molecular weight excluding hydrogens is 489 g/mol. The number of Topliss-reactive ketones (excluding diaryl/α,β-unsaturated/α-hetero) is 1. The topological polar surface area (TPSA) is 47.8 Å². The minimum Gasteiger partial charge on any atom is -0.294 e. The summed E-state index contributed by atoms with van der Waals surface area (Å²) < 4.78 is 16.3. The van der Waals surface area contributed by atoms with Gasteiger partial charge in [-0.3, -0.25) is 4.79 Å². The van der Waals surface area contributed by atoms with E-state index < -0.39 is 13.6 Å². The zero-order chi connectivity index (χ0) is 26.8. The van der Waals surface area contributed by atoms with Gasteiger partial charge in [0.15, 0.2) is 5.78 Å². The second-order valence-electron chi connectivity index (χ2n) is 11.1. The number of nitrogens with zero attached hydrogens (tertiary/aromatic N) is 3. The van der Waals surface area contributed by atoms with Crippen molar-refractivity contribution in [1.29, 1.82) is 0 Å². The fraction of sp³-hybridized carbons (Fsp3) is 0.219. The quantitative estimate of drug-likeness (QED) is 0.147. The molecule has 0 spiro atoms. The van der Waals surface area contributed by atoms with Gasteiger partial charge in [-0.1, -0.05) is 110 Å². The lowest BCUT2D eigenvalue weighted by atomic mass is 9.72. The van der Waals surface area contributed by atoms with Crippen LogP contribution in [0, 0.1) is 5.82 Å². The minimum absolute atomic E-state index is 0.0611. The molecule has 0 aliphatic carbocycles. The largest absolute Gasteiger partial charge is 0.294 e. The number of rotatable bonds is 9. The van der Waals surface area contributed by atoms with Crippen molar-refractivity contribution in [2.45, 2.75) is 43.6 Å². The molecule has 0 N–H and O–H groups in total. The molecule has 1 aromatic heterocycles. The standard InChI is InChI=1S/C32H32FN3OSi/c1-38(2,3)23-32(26-18-20-27(33)21-19-26,36-30-17-11-10-16-29(30)34-35-36)28(24-12-6-4-7-13-24)22-31(37)25-14-8-5-9-15-25/h4-21,28H,22-23H2,1-3H3. The average Bonchev–Trinajstić information content (AvgIpc) is 3.36. The van der Waals surface area contributed by atoms with Gasteiger partial charge in [0.1, 0.15) is 11.3 Å². The summed E-state index contributed by atoms with van der Waals surface area (Å²) >= 11 is 0. The summed E-state index contributed by atoms with van der Waals surface area (Å²) in [6.07, 6.45) is 0.268. The third-order valence-corrected chi connectivity index (χ3v) is 8.74. The van der Waals surface area contributed by atoms with Gasteiger partial charge in [0.2, 0.25) is 0 Å². The van der Waals surface area contributed by atoms with Crippen molar-refractivity contribution in [2.24, 2.45) is 0 Å². The molecule has 4 nitrogen and oxygen atoms in total. The van der Waals surface area contributed by atoms with E-state index in [1.54, 1.807) is 0 Å². The first-order valence-corrected chi connectivity index (χ1v) is 16.7. The summed E-state index contributed by atoms with van der Waals surface area (Å²) in [5.74, 6) is -0.514. The lowest BCUT2D eigenvalue weighted by Crippen LogP contribution is -2.47. The minimum atomic E-state index is -1.85. The van der Waals surface area contributed by atoms with Crippen LogP contribution in [0.4, 0.5) is 4.39 Å². The normalized spacial score (nSPS) is 14.2. The summed E-state index contributed by atoms with van der Waals surface area (Å²) in [4.78, 5) is 13.9. The predicted molar refractivity (Wildman–Crippen MR) is 154 cm³/mol. The van der Waals surface area contributed by atoms with E-state index in [0.29, 0.717) is 5.56 Å². The molecule has 0 aliphatic heterocycles. The highest BCUT2D eigenvalue weighted by atomic mass is 28.3. The van der Waals surface area contributed by atoms with E-state index in [4.69, 9.17) is 5.21 Å². The Bertz CT molecular complexity index is 1530. The van der Waals surface area contributed by atoms with Crippen LogP contribution < -0.4 is 0 Å². The Balaban J connectivity index is 1.83. The highest BCUT2D eigenvalue weighted by Gasteiger charge is 2.48. The molecule has 0 amide bonds. The fourth-order valence-corrected chi connectivity index (χ4v) is 7.87. The van der Waals surface area contributed by atoms with Crippen LogP contribution in [0.25, 0.3) is 11.0 Å². The maximum atomic E-state index is 14.3. The van der Waals surface area contributed by atoms with Gasteiger partial charge < -0.3 is 0 Å². The number of carbonyl (C=O) groups is 1. The molecular formula is C32H32FN3OSi. The van der Waals surface area contributed by atoms with Crippen molar-refractivity contribution < 1.29 is 9.18 Å². The Morgan fingerprint density at radius 3 is 2.11 bits per heavy atom. The molecule has 0 radical (unpaired) electrons. The number of fused-ring (bicyclic) bond motifs is 1. The fourth-order valence-electron chi connectivity index (χ4n) is 5.66.